The number of carbonyl (C=O) groups is 1. The first-order valence-corrected chi connectivity index (χ1v) is 7.82. The Bertz CT molecular complexity index is 747. The fraction of sp³-hybridized carbons (Fsp3) is 0.278. The van der Waals surface area contributed by atoms with E-state index < -0.39 is 4.92 Å². The van der Waals surface area contributed by atoms with Crippen LogP contribution in [-0.2, 0) is 17.9 Å². The molecule has 0 aliphatic heterocycles. The summed E-state index contributed by atoms with van der Waals surface area (Å²) in [6, 6.07) is 13.8. The van der Waals surface area contributed by atoms with E-state index in [0.29, 0.717) is 6.54 Å². The third-order valence-corrected chi connectivity index (χ3v) is 3.50. The lowest BCUT2D eigenvalue weighted by atomic mass is 10.1. The van der Waals surface area contributed by atoms with E-state index >= 15 is 0 Å². The summed E-state index contributed by atoms with van der Waals surface area (Å²) in [4.78, 5) is 24.4. The molecule has 25 heavy (non-hydrogen) atoms. The van der Waals surface area contributed by atoms with Crippen LogP contribution in [0, 0.1) is 10.1 Å². The van der Waals surface area contributed by atoms with E-state index in [1.165, 1.54) is 12.1 Å². The van der Waals surface area contributed by atoms with Gasteiger partial charge in [-0.25, -0.2) is 0 Å². The van der Waals surface area contributed by atoms with Crippen LogP contribution >= 0.6 is 0 Å². The Morgan fingerprint density at radius 2 is 1.76 bits per heavy atom. The second-order valence-electron chi connectivity index (χ2n) is 5.80. The van der Waals surface area contributed by atoms with Crippen molar-refractivity contribution in [3.8, 4) is 5.75 Å². The summed E-state index contributed by atoms with van der Waals surface area (Å²) in [6.45, 7) is 0.878. The minimum Gasteiger partial charge on any atom is -0.477 e. The van der Waals surface area contributed by atoms with Crippen molar-refractivity contribution in [3.63, 3.8) is 0 Å². The zero-order valence-corrected chi connectivity index (χ0v) is 14.3. The number of amides is 1. The van der Waals surface area contributed by atoms with Crippen LogP contribution in [-0.4, -0.2) is 36.4 Å². The highest BCUT2D eigenvalue weighted by Gasteiger charge is 2.15. The zero-order chi connectivity index (χ0) is 18.2. The van der Waals surface area contributed by atoms with Crippen molar-refractivity contribution in [1.82, 2.24) is 10.2 Å². The molecule has 0 saturated heterocycles. The normalized spacial score (nSPS) is 10.5. The van der Waals surface area contributed by atoms with E-state index in [9.17, 15) is 14.9 Å². The van der Waals surface area contributed by atoms with Gasteiger partial charge in [-0.15, -0.1) is 0 Å². The Kier molecular flexibility index (Phi) is 6.47. The number of ether oxygens (including phenoxy) is 1. The average Bonchev–Trinajstić information content (AvgIpc) is 2.59. The van der Waals surface area contributed by atoms with Crippen LogP contribution in [0.3, 0.4) is 0 Å². The van der Waals surface area contributed by atoms with Crippen molar-refractivity contribution in [1.29, 1.82) is 0 Å². The monoisotopic (exact) mass is 343 g/mol. The number of hydrogen-bond acceptors (Lipinski definition) is 5. The molecule has 0 unspecified atom stereocenters. The first kappa shape index (κ1) is 18.4. The molecule has 1 amide bonds. The molecule has 0 saturated carbocycles. The summed E-state index contributed by atoms with van der Waals surface area (Å²) in [7, 11) is 3.96. The van der Waals surface area contributed by atoms with Crippen LogP contribution in [0.15, 0.2) is 48.5 Å². The summed E-state index contributed by atoms with van der Waals surface area (Å²) >= 11 is 0. The molecule has 2 aromatic rings. The molecule has 0 heterocycles. The van der Waals surface area contributed by atoms with E-state index in [1.807, 2.05) is 38.4 Å². The summed E-state index contributed by atoms with van der Waals surface area (Å²) < 4.78 is 5.28. The Labute approximate surface area is 146 Å². The van der Waals surface area contributed by atoms with E-state index in [-0.39, 0.29) is 24.0 Å². The SMILES string of the molecule is CN(C)Cc1ccccc1CNC(=O)COc1ccccc1[N+](=O)[O-]. The van der Waals surface area contributed by atoms with Crippen LogP contribution < -0.4 is 10.1 Å². The lowest BCUT2D eigenvalue weighted by molar-refractivity contribution is -0.385. The van der Waals surface area contributed by atoms with Crippen molar-refractivity contribution in [2.24, 2.45) is 0 Å². The zero-order valence-electron chi connectivity index (χ0n) is 14.3. The minimum absolute atomic E-state index is 0.0793. The summed E-state index contributed by atoms with van der Waals surface area (Å²) in [5.41, 5.74) is 1.99. The van der Waals surface area contributed by atoms with Gasteiger partial charge in [0.15, 0.2) is 12.4 Å². The number of carbonyl (C=O) groups excluding carboxylic acids is 1. The maximum absolute atomic E-state index is 12.0. The number of nitro benzene ring substituents is 1. The highest BCUT2D eigenvalue weighted by atomic mass is 16.6. The predicted molar refractivity (Wildman–Crippen MR) is 94.3 cm³/mol. The van der Waals surface area contributed by atoms with E-state index in [2.05, 4.69) is 10.2 Å². The second kappa shape index (κ2) is 8.79. The molecular weight excluding hydrogens is 322 g/mol. The summed E-state index contributed by atoms with van der Waals surface area (Å²) in [5, 5.41) is 13.7. The predicted octanol–water partition coefficient (Wildman–Crippen LogP) is 2.35. The smallest absolute Gasteiger partial charge is 0.310 e. The maximum atomic E-state index is 12.0. The molecule has 2 aromatic carbocycles. The molecule has 0 aromatic heterocycles. The molecular formula is C18H21N3O4. The van der Waals surface area contributed by atoms with E-state index in [4.69, 9.17) is 4.74 Å². The number of nitrogens with one attached hydrogen (secondary N) is 1. The molecule has 0 atom stereocenters. The first-order chi connectivity index (χ1) is 12.0. The highest BCUT2D eigenvalue weighted by molar-refractivity contribution is 5.77. The molecule has 2 rings (SSSR count). The van der Waals surface area contributed by atoms with E-state index in [0.717, 1.165) is 17.7 Å². The van der Waals surface area contributed by atoms with E-state index in [1.54, 1.807) is 12.1 Å². The van der Waals surface area contributed by atoms with Crippen LogP contribution in [0.2, 0.25) is 0 Å². The standard InChI is InChI=1S/C18H21N3O4/c1-20(2)12-15-8-4-3-7-14(15)11-19-18(22)13-25-17-10-6-5-9-16(17)21(23)24/h3-10H,11-13H2,1-2H3,(H,19,22). The van der Waals surface area contributed by atoms with Crippen LogP contribution in [0.5, 0.6) is 5.75 Å². The number of nitrogens with zero attached hydrogens (tertiary/aromatic N) is 2. The average molecular weight is 343 g/mol. The van der Waals surface area contributed by atoms with Gasteiger partial charge in [0.05, 0.1) is 4.92 Å². The minimum atomic E-state index is -0.537. The van der Waals surface area contributed by atoms with Crippen molar-refractivity contribution < 1.29 is 14.5 Å². The van der Waals surface area contributed by atoms with Crippen molar-refractivity contribution in [2.45, 2.75) is 13.1 Å². The molecule has 0 aliphatic carbocycles. The van der Waals surface area contributed by atoms with Crippen LogP contribution in [0.4, 0.5) is 5.69 Å². The second-order valence-corrected chi connectivity index (χ2v) is 5.80. The number of rotatable bonds is 8. The lowest BCUT2D eigenvalue weighted by Gasteiger charge is -2.14. The number of para-hydroxylation sites is 2. The lowest BCUT2D eigenvalue weighted by Crippen LogP contribution is -2.29. The highest BCUT2D eigenvalue weighted by Crippen LogP contribution is 2.25. The first-order valence-electron chi connectivity index (χ1n) is 7.82. The Balaban J connectivity index is 1.91. The summed E-state index contributed by atoms with van der Waals surface area (Å²) in [5.74, 6) is -0.256. The molecule has 0 aliphatic rings. The van der Waals surface area contributed by atoms with Crippen molar-refractivity contribution in [2.75, 3.05) is 20.7 Å². The molecule has 7 heteroatoms. The van der Waals surface area contributed by atoms with Gasteiger partial charge in [-0.3, -0.25) is 14.9 Å². The van der Waals surface area contributed by atoms with Gasteiger partial charge >= 0.3 is 5.69 Å². The van der Waals surface area contributed by atoms with Gasteiger partial charge in [0.25, 0.3) is 5.91 Å². The van der Waals surface area contributed by atoms with Gasteiger partial charge in [0.1, 0.15) is 0 Å². The number of benzene rings is 2. The third-order valence-electron chi connectivity index (χ3n) is 3.50. The van der Waals surface area contributed by atoms with Crippen LogP contribution in [0.1, 0.15) is 11.1 Å². The van der Waals surface area contributed by atoms with Gasteiger partial charge in [0.2, 0.25) is 0 Å². The maximum Gasteiger partial charge on any atom is 0.310 e. The van der Waals surface area contributed by atoms with Crippen molar-refractivity contribution >= 4 is 11.6 Å². The Morgan fingerprint density at radius 1 is 1.12 bits per heavy atom. The van der Waals surface area contributed by atoms with Crippen LogP contribution in [0.25, 0.3) is 0 Å². The topological polar surface area (TPSA) is 84.7 Å². The number of nitro groups is 1. The molecule has 0 radical (unpaired) electrons. The Morgan fingerprint density at radius 3 is 2.44 bits per heavy atom. The summed E-state index contributed by atoms with van der Waals surface area (Å²) in [6.07, 6.45) is 0. The fourth-order valence-corrected chi connectivity index (χ4v) is 2.34. The van der Waals surface area contributed by atoms with Gasteiger partial charge in [0, 0.05) is 19.2 Å². The van der Waals surface area contributed by atoms with Gasteiger partial charge in [-0.1, -0.05) is 36.4 Å². The largest absolute Gasteiger partial charge is 0.477 e. The third kappa shape index (κ3) is 5.58. The molecule has 132 valence electrons. The van der Waals surface area contributed by atoms with Gasteiger partial charge in [-0.05, 0) is 31.3 Å². The quantitative estimate of drug-likeness (QED) is 0.587. The van der Waals surface area contributed by atoms with Gasteiger partial charge < -0.3 is 15.0 Å². The molecule has 0 spiro atoms. The molecule has 1 N–H and O–H groups in total. The van der Waals surface area contributed by atoms with Crippen molar-refractivity contribution in [3.05, 3.63) is 69.8 Å². The fourth-order valence-electron chi connectivity index (χ4n) is 2.34. The Hall–Kier alpha value is -2.93. The molecule has 0 bridgehead atoms. The van der Waals surface area contributed by atoms with Gasteiger partial charge in [-0.2, -0.15) is 0 Å². The molecule has 0 fully saturated rings. The number of hydrogen-bond donors (Lipinski definition) is 1. The molecule has 7 nitrogen and oxygen atoms in total.